The summed E-state index contributed by atoms with van der Waals surface area (Å²) in [6.07, 6.45) is 0.996. The van der Waals surface area contributed by atoms with Gasteiger partial charge in [-0.05, 0) is 50.9 Å². The second kappa shape index (κ2) is 11.7. The molecule has 12 nitrogen and oxygen atoms in total. The molecule has 0 radical (unpaired) electrons. The minimum atomic E-state index is -1.08. The number of amides is 1. The van der Waals surface area contributed by atoms with Gasteiger partial charge >= 0.3 is 12.1 Å². The van der Waals surface area contributed by atoms with Crippen LogP contribution in [0.1, 0.15) is 25.1 Å². The number of hydrogen-bond donors (Lipinski definition) is 1. The highest BCUT2D eigenvalue weighted by molar-refractivity contribution is 6.36. The largest absolute Gasteiger partial charge is 0.465 e. The van der Waals surface area contributed by atoms with Gasteiger partial charge in [-0.2, -0.15) is 15.2 Å². The van der Waals surface area contributed by atoms with E-state index in [1.165, 1.54) is 9.47 Å². The highest BCUT2D eigenvalue weighted by Gasteiger charge is 2.33. The molecule has 2 unspecified atom stereocenters. The summed E-state index contributed by atoms with van der Waals surface area (Å²) in [5.74, 6) is 0.782. The number of nitrogens with zero attached hydrogens (tertiary/aromatic N) is 8. The Morgan fingerprint density at radius 1 is 1.12 bits per heavy atom. The number of carbonyl (C=O) groups is 1. The normalized spacial score (nSPS) is 19.2. The molecule has 4 aromatic rings. The maximum atomic E-state index is 14.3. The number of halogens is 1. The minimum Gasteiger partial charge on any atom is -0.465 e. The Balaban J connectivity index is 1.51. The van der Waals surface area contributed by atoms with Gasteiger partial charge in [-0.25, -0.2) is 9.78 Å². The number of aromatic nitrogens is 4. The highest BCUT2D eigenvalue weighted by Crippen LogP contribution is 2.31. The first-order valence-corrected chi connectivity index (χ1v) is 14.6. The van der Waals surface area contributed by atoms with Crippen molar-refractivity contribution in [3.8, 4) is 17.8 Å². The average molecular weight is 603 g/mol. The number of fused-ring (bicyclic) bond motifs is 2. The summed E-state index contributed by atoms with van der Waals surface area (Å²) in [4.78, 5) is 45.6. The topological polar surface area (TPSA) is 141 Å². The van der Waals surface area contributed by atoms with Crippen molar-refractivity contribution in [1.29, 1.82) is 5.26 Å². The number of benzene rings is 2. The van der Waals surface area contributed by atoms with E-state index in [1.807, 2.05) is 42.3 Å². The van der Waals surface area contributed by atoms with Crippen LogP contribution in [0.5, 0.6) is 6.01 Å². The lowest BCUT2D eigenvalue weighted by atomic mass is 10.1. The fraction of sp³-hybridized carbons (Fsp3) is 0.400. The number of aryl methyl sites for hydroxylation is 1. The molecular weight excluding hydrogens is 572 g/mol. The van der Waals surface area contributed by atoms with Gasteiger partial charge in [0.1, 0.15) is 17.9 Å². The number of anilines is 1. The molecular formula is C30H31ClN8O4. The van der Waals surface area contributed by atoms with Gasteiger partial charge in [0, 0.05) is 31.1 Å². The van der Waals surface area contributed by atoms with E-state index in [2.05, 4.69) is 16.0 Å². The number of likely N-dealkylation sites (N-methyl/N-ethyl adjacent to an activating group) is 1. The van der Waals surface area contributed by atoms with E-state index >= 15 is 0 Å². The summed E-state index contributed by atoms with van der Waals surface area (Å²) in [6.45, 7) is 3.75. The predicted molar refractivity (Wildman–Crippen MR) is 162 cm³/mol. The molecule has 43 heavy (non-hydrogen) atoms. The van der Waals surface area contributed by atoms with E-state index in [4.69, 9.17) is 26.3 Å². The number of ether oxygens (including phenoxy) is 1. The van der Waals surface area contributed by atoms with Crippen LogP contribution >= 0.6 is 11.6 Å². The van der Waals surface area contributed by atoms with Gasteiger partial charge in [0.2, 0.25) is 0 Å². The Bertz CT molecular complexity index is 1820. The first kappa shape index (κ1) is 28.6. The molecule has 2 fully saturated rings. The second-order valence-corrected chi connectivity index (χ2v) is 11.4. The van der Waals surface area contributed by atoms with Gasteiger partial charge in [0.15, 0.2) is 11.3 Å². The van der Waals surface area contributed by atoms with Crippen LogP contribution < -0.4 is 15.2 Å². The summed E-state index contributed by atoms with van der Waals surface area (Å²) in [5.41, 5.74) is 0.542. The fourth-order valence-electron chi connectivity index (χ4n) is 6.11. The Labute approximate surface area is 252 Å². The van der Waals surface area contributed by atoms with Crippen LogP contribution in [0.3, 0.4) is 0 Å². The van der Waals surface area contributed by atoms with Crippen molar-refractivity contribution in [1.82, 2.24) is 29.3 Å². The third-order valence-corrected chi connectivity index (χ3v) is 8.67. The maximum Gasteiger partial charge on any atom is 0.407 e. The monoisotopic (exact) mass is 602 g/mol. The van der Waals surface area contributed by atoms with E-state index < -0.39 is 17.7 Å². The summed E-state index contributed by atoms with van der Waals surface area (Å²) >= 11 is 6.61. The first-order chi connectivity index (χ1) is 20.8. The maximum absolute atomic E-state index is 14.3. The average Bonchev–Trinajstić information content (AvgIpc) is 3.40. The third kappa shape index (κ3) is 5.30. The molecule has 2 aromatic heterocycles. The highest BCUT2D eigenvalue weighted by atomic mass is 35.5. The fourth-order valence-corrected chi connectivity index (χ4v) is 6.39. The number of rotatable bonds is 6. The first-order valence-electron chi connectivity index (χ1n) is 14.2. The van der Waals surface area contributed by atoms with Crippen molar-refractivity contribution in [3.05, 3.63) is 57.6 Å². The zero-order valence-corrected chi connectivity index (χ0v) is 24.7. The molecule has 2 saturated heterocycles. The van der Waals surface area contributed by atoms with Crippen LogP contribution in [0.4, 0.5) is 10.6 Å². The van der Waals surface area contributed by atoms with E-state index in [0.29, 0.717) is 35.5 Å². The van der Waals surface area contributed by atoms with Crippen molar-refractivity contribution >= 4 is 45.3 Å². The quantitative estimate of drug-likeness (QED) is 0.346. The van der Waals surface area contributed by atoms with Crippen molar-refractivity contribution in [3.63, 3.8) is 0 Å². The lowest BCUT2D eigenvalue weighted by Gasteiger charge is -2.39. The Hall–Kier alpha value is -4.47. The summed E-state index contributed by atoms with van der Waals surface area (Å²) in [5, 5.41) is 21.2. The van der Waals surface area contributed by atoms with Crippen LogP contribution in [0.2, 0.25) is 5.02 Å². The molecule has 1 N–H and O–H groups in total. The molecule has 0 bridgehead atoms. The summed E-state index contributed by atoms with van der Waals surface area (Å²) in [6, 6.07) is 12.9. The SMILES string of the molecule is Cc1nc2c(N3CCN(C(=O)O)C(CC#N)C3)nc(OCC3CCCN3C)nc2c(=O)n1-c1cccc2cccc(Cl)c12. The van der Waals surface area contributed by atoms with Gasteiger partial charge in [-0.1, -0.05) is 35.9 Å². The summed E-state index contributed by atoms with van der Waals surface area (Å²) < 4.78 is 7.61. The predicted octanol–water partition coefficient (Wildman–Crippen LogP) is 3.85. The molecule has 222 valence electrons. The van der Waals surface area contributed by atoms with Crippen molar-refractivity contribution < 1.29 is 14.6 Å². The van der Waals surface area contributed by atoms with E-state index in [1.54, 1.807) is 13.0 Å². The number of nitriles is 1. The Morgan fingerprint density at radius 2 is 1.91 bits per heavy atom. The molecule has 0 saturated carbocycles. The van der Waals surface area contributed by atoms with Crippen LogP contribution in [0.15, 0.2) is 41.2 Å². The number of piperazine rings is 1. The van der Waals surface area contributed by atoms with Crippen molar-refractivity contribution in [2.75, 3.05) is 44.7 Å². The second-order valence-electron chi connectivity index (χ2n) is 11.0. The molecule has 6 rings (SSSR count). The molecule has 0 aliphatic carbocycles. The van der Waals surface area contributed by atoms with Crippen LogP contribution in [0.25, 0.3) is 27.5 Å². The standard InChI is InChI=1S/C30H31ClN8O4/c1-18-33-25-26(28(40)39(18)23-10-4-7-19-6-3-9-22(31)24(19)23)34-29(43-17-21-8-5-13-36(21)2)35-27(25)37-14-15-38(30(41)42)20(16-37)11-12-32/h3-4,6-7,9-10,20-21H,5,8,11,13-17H2,1-2H3,(H,41,42). The molecule has 4 heterocycles. The van der Waals surface area contributed by atoms with Crippen molar-refractivity contribution in [2.45, 2.75) is 38.3 Å². The summed E-state index contributed by atoms with van der Waals surface area (Å²) in [7, 11) is 2.05. The number of hydrogen-bond acceptors (Lipinski definition) is 9. The lowest BCUT2D eigenvalue weighted by molar-refractivity contribution is 0.119. The van der Waals surface area contributed by atoms with Gasteiger partial charge in [-0.15, -0.1) is 0 Å². The van der Waals surface area contributed by atoms with Crippen LogP contribution in [-0.4, -0.2) is 92.4 Å². The molecule has 2 aliphatic rings. The zero-order valence-electron chi connectivity index (χ0n) is 23.9. The van der Waals surface area contributed by atoms with Crippen LogP contribution in [-0.2, 0) is 0 Å². The lowest BCUT2D eigenvalue weighted by Crippen LogP contribution is -2.55. The number of carboxylic acid groups (broad SMARTS) is 1. The number of likely N-dealkylation sites (tertiary alicyclic amines) is 1. The molecule has 2 atom stereocenters. The van der Waals surface area contributed by atoms with E-state index in [0.717, 1.165) is 30.2 Å². The molecule has 13 heteroatoms. The molecule has 2 aliphatic heterocycles. The van der Waals surface area contributed by atoms with Crippen molar-refractivity contribution in [2.24, 2.45) is 0 Å². The third-order valence-electron chi connectivity index (χ3n) is 8.35. The van der Waals surface area contributed by atoms with Gasteiger partial charge in [-0.3, -0.25) is 9.36 Å². The zero-order chi connectivity index (χ0) is 30.2. The molecule has 1 amide bonds. The Kier molecular flexibility index (Phi) is 7.77. The van der Waals surface area contributed by atoms with Gasteiger partial charge in [0.05, 0.1) is 29.2 Å². The Morgan fingerprint density at radius 3 is 2.63 bits per heavy atom. The van der Waals surface area contributed by atoms with E-state index in [9.17, 15) is 20.0 Å². The molecule has 0 spiro atoms. The van der Waals surface area contributed by atoms with Gasteiger partial charge in [0.25, 0.3) is 5.56 Å². The smallest absolute Gasteiger partial charge is 0.407 e. The van der Waals surface area contributed by atoms with Gasteiger partial charge < -0.3 is 24.5 Å². The minimum absolute atomic E-state index is 0.0181. The van der Waals surface area contributed by atoms with E-state index in [-0.39, 0.29) is 42.6 Å². The van der Waals surface area contributed by atoms with Crippen LogP contribution in [0, 0.1) is 18.3 Å². The molecule has 2 aromatic carbocycles.